The van der Waals surface area contributed by atoms with Crippen LogP contribution in [0.3, 0.4) is 0 Å². The zero-order valence-corrected chi connectivity index (χ0v) is 15.0. The number of rotatable bonds is 6. The van der Waals surface area contributed by atoms with Crippen LogP contribution >= 0.6 is 0 Å². The van der Waals surface area contributed by atoms with Gasteiger partial charge < -0.3 is 14.6 Å². The van der Waals surface area contributed by atoms with Crippen molar-refractivity contribution < 1.29 is 14.3 Å². The number of aromatic nitrogens is 1. The zero-order chi connectivity index (χ0) is 18.0. The van der Waals surface area contributed by atoms with Crippen molar-refractivity contribution in [2.75, 3.05) is 13.2 Å². The van der Waals surface area contributed by atoms with Gasteiger partial charge >= 0.3 is 5.97 Å². The smallest absolute Gasteiger partial charge is 0.325 e. The van der Waals surface area contributed by atoms with E-state index in [4.69, 9.17) is 4.74 Å². The van der Waals surface area contributed by atoms with E-state index in [9.17, 15) is 9.59 Å². The molecule has 1 aliphatic carbocycles. The highest BCUT2D eigenvalue weighted by atomic mass is 16.5. The molecule has 3 rings (SSSR count). The second kappa shape index (κ2) is 7.13. The number of ether oxygens (including phenoxy) is 1. The van der Waals surface area contributed by atoms with Crippen LogP contribution in [0.1, 0.15) is 40.2 Å². The number of hydrogen-bond acceptors (Lipinski definition) is 3. The Labute approximate surface area is 148 Å². The summed E-state index contributed by atoms with van der Waals surface area (Å²) < 4.78 is 7.20. The standard InChI is InChI=1S/C20H24N2O3/c1-13-6-4-5-7-18(13)22-14(2)10-17(15(22)3)20(24)21-11-19(23)25-12-16-8-9-16/h4-7,10,16H,8-9,11-12H2,1-3H3,(H,21,24). The van der Waals surface area contributed by atoms with Crippen LogP contribution in [-0.2, 0) is 9.53 Å². The van der Waals surface area contributed by atoms with Crippen molar-refractivity contribution >= 4 is 11.9 Å². The predicted molar refractivity (Wildman–Crippen MR) is 96.0 cm³/mol. The van der Waals surface area contributed by atoms with Gasteiger partial charge in [0.2, 0.25) is 0 Å². The SMILES string of the molecule is Cc1ccccc1-n1c(C)cc(C(=O)NCC(=O)OCC2CC2)c1C. The Bertz CT molecular complexity index is 803. The lowest BCUT2D eigenvalue weighted by molar-refractivity contribution is -0.142. The molecule has 25 heavy (non-hydrogen) atoms. The lowest BCUT2D eigenvalue weighted by atomic mass is 10.2. The average molecular weight is 340 g/mol. The number of amides is 1. The highest BCUT2D eigenvalue weighted by molar-refractivity contribution is 5.97. The van der Waals surface area contributed by atoms with E-state index in [1.54, 1.807) is 0 Å². The van der Waals surface area contributed by atoms with Crippen molar-refractivity contribution in [1.82, 2.24) is 9.88 Å². The Hall–Kier alpha value is -2.56. The van der Waals surface area contributed by atoms with Gasteiger partial charge in [-0.15, -0.1) is 0 Å². The fourth-order valence-electron chi connectivity index (χ4n) is 2.97. The van der Waals surface area contributed by atoms with Gasteiger partial charge in [-0.1, -0.05) is 18.2 Å². The second-order valence-corrected chi connectivity index (χ2v) is 6.72. The Morgan fingerprint density at radius 2 is 1.92 bits per heavy atom. The number of nitrogens with zero attached hydrogens (tertiary/aromatic N) is 1. The third-order valence-electron chi connectivity index (χ3n) is 4.60. The van der Waals surface area contributed by atoms with Gasteiger partial charge in [0.1, 0.15) is 6.54 Å². The lowest BCUT2D eigenvalue weighted by Gasteiger charge is -2.12. The number of hydrogen-bond donors (Lipinski definition) is 1. The van der Waals surface area contributed by atoms with Gasteiger partial charge in [0.25, 0.3) is 5.91 Å². The van der Waals surface area contributed by atoms with Crippen LogP contribution in [0.25, 0.3) is 5.69 Å². The van der Waals surface area contributed by atoms with E-state index in [1.807, 2.05) is 51.1 Å². The van der Waals surface area contributed by atoms with Crippen molar-refractivity contribution in [3.8, 4) is 5.69 Å². The Balaban J connectivity index is 1.70. The predicted octanol–water partition coefficient (Wildman–Crippen LogP) is 3.09. The maximum Gasteiger partial charge on any atom is 0.325 e. The first-order valence-corrected chi connectivity index (χ1v) is 8.66. The van der Waals surface area contributed by atoms with Crippen molar-refractivity contribution in [2.45, 2.75) is 33.6 Å². The molecule has 0 bridgehead atoms. The fraction of sp³-hybridized carbons (Fsp3) is 0.400. The van der Waals surface area contributed by atoms with Gasteiger partial charge in [0.15, 0.2) is 0 Å². The minimum atomic E-state index is -0.382. The van der Waals surface area contributed by atoms with E-state index in [0.717, 1.165) is 35.5 Å². The van der Waals surface area contributed by atoms with Crippen LogP contribution in [0, 0.1) is 26.7 Å². The molecule has 1 aromatic heterocycles. The third kappa shape index (κ3) is 3.92. The molecule has 0 atom stereocenters. The molecule has 0 unspecified atom stereocenters. The third-order valence-corrected chi connectivity index (χ3v) is 4.60. The van der Waals surface area contributed by atoms with E-state index in [2.05, 4.69) is 9.88 Å². The monoisotopic (exact) mass is 340 g/mol. The van der Waals surface area contributed by atoms with E-state index in [0.29, 0.717) is 18.1 Å². The summed E-state index contributed by atoms with van der Waals surface area (Å²) in [5.74, 6) is -0.114. The molecule has 1 heterocycles. The van der Waals surface area contributed by atoms with Crippen LogP contribution in [0.5, 0.6) is 0 Å². The van der Waals surface area contributed by atoms with Gasteiger partial charge in [-0.2, -0.15) is 0 Å². The van der Waals surface area contributed by atoms with Gasteiger partial charge in [-0.25, -0.2) is 0 Å². The number of carbonyl (C=O) groups is 2. The summed E-state index contributed by atoms with van der Waals surface area (Å²) in [5.41, 5.74) is 4.61. The number of benzene rings is 1. The fourth-order valence-corrected chi connectivity index (χ4v) is 2.97. The summed E-state index contributed by atoms with van der Waals surface area (Å²) in [7, 11) is 0. The summed E-state index contributed by atoms with van der Waals surface area (Å²) in [6.45, 7) is 6.31. The first-order chi connectivity index (χ1) is 12.0. The molecule has 1 aromatic carbocycles. The van der Waals surface area contributed by atoms with Crippen LogP contribution in [0.15, 0.2) is 30.3 Å². The number of para-hydroxylation sites is 1. The maximum atomic E-state index is 12.5. The largest absolute Gasteiger partial charge is 0.464 e. The molecule has 0 spiro atoms. The molecule has 1 N–H and O–H groups in total. The normalized spacial score (nSPS) is 13.6. The molecule has 0 aliphatic heterocycles. The van der Waals surface area contributed by atoms with Crippen molar-refractivity contribution in [3.63, 3.8) is 0 Å². The van der Waals surface area contributed by atoms with E-state index in [-0.39, 0.29) is 18.4 Å². The van der Waals surface area contributed by atoms with Gasteiger partial charge in [-0.3, -0.25) is 9.59 Å². The molecule has 2 aromatic rings. The molecule has 0 radical (unpaired) electrons. The summed E-state index contributed by atoms with van der Waals surface area (Å²) >= 11 is 0. The Morgan fingerprint density at radius 3 is 2.60 bits per heavy atom. The van der Waals surface area contributed by atoms with Gasteiger partial charge in [0.05, 0.1) is 12.2 Å². The van der Waals surface area contributed by atoms with Gasteiger partial charge in [-0.05, 0) is 57.2 Å². The molecule has 1 aliphatic rings. The van der Waals surface area contributed by atoms with Gasteiger partial charge in [0, 0.05) is 17.1 Å². The van der Waals surface area contributed by atoms with Crippen LogP contribution in [-0.4, -0.2) is 29.6 Å². The lowest BCUT2D eigenvalue weighted by Crippen LogP contribution is -2.31. The number of nitrogens with one attached hydrogen (secondary N) is 1. The van der Waals surface area contributed by atoms with Crippen LogP contribution in [0.2, 0.25) is 0 Å². The number of esters is 1. The van der Waals surface area contributed by atoms with E-state index < -0.39 is 0 Å². The molecule has 0 saturated heterocycles. The van der Waals surface area contributed by atoms with Crippen molar-refractivity contribution in [3.05, 3.63) is 52.8 Å². The second-order valence-electron chi connectivity index (χ2n) is 6.72. The average Bonchev–Trinajstić information content (AvgIpc) is 3.37. The topological polar surface area (TPSA) is 60.3 Å². The minimum Gasteiger partial charge on any atom is -0.464 e. The van der Waals surface area contributed by atoms with Crippen molar-refractivity contribution in [2.24, 2.45) is 5.92 Å². The maximum absolute atomic E-state index is 12.5. The molecule has 5 heteroatoms. The Kier molecular flexibility index (Phi) is 4.93. The first-order valence-electron chi connectivity index (χ1n) is 8.66. The summed E-state index contributed by atoms with van der Waals surface area (Å²) in [6, 6.07) is 9.91. The minimum absolute atomic E-state index is 0.0976. The zero-order valence-electron chi connectivity index (χ0n) is 15.0. The quantitative estimate of drug-likeness (QED) is 0.822. The molecule has 1 fully saturated rings. The van der Waals surface area contributed by atoms with E-state index in [1.165, 1.54) is 0 Å². The summed E-state index contributed by atoms with van der Waals surface area (Å²) in [5, 5.41) is 2.66. The molecule has 1 saturated carbocycles. The number of carbonyl (C=O) groups excluding carboxylic acids is 2. The van der Waals surface area contributed by atoms with Crippen LogP contribution < -0.4 is 5.32 Å². The van der Waals surface area contributed by atoms with Crippen molar-refractivity contribution in [1.29, 1.82) is 0 Å². The number of aryl methyl sites for hydroxylation is 2. The summed E-state index contributed by atoms with van der Waals surface area (Å²) in [6.07, 6.45) is 2.26. The molecular formula is C20H24N2O3. The highest BCUT2D eigenvalue weighted by Crippen LogP contribution is 2.28. The molecule has 1 amide bonds. The molecule has 132 valence electrons. The molecule has 5 nitrogen and oxygen atoms in total. The van der Waals surface area contributed by atoms with E-state index >= 15 is 0 Å². The summed E-state index contributed by atoms with van der Waals surface area (Å²) in [4.78, 5) is 24.2. The Morgan fingerprint density at radius 1 is 1.20 bits per heavy atom. The molecular weight excluding hydrogens is 316 g/mol. The first kappa shape index (κ1) is 17.3. The van der Waals surface area contributed by atoms with Crippen LogP contribution in [0.4, 0.5) is 0 Å². The highest BCUT2D eigenvalue weighted by Gasteiger charge is 2.23.